The molecule has 0 aliphatic rings. The number of nitrogens with two attached hydrogens (primary N) is 2. The Labute approximate surface area is 56.6 Å². The summed E-state index contributed by atoms with van der Waals surface area (Å²) in [6, 6.07) is -2.24. The average molecular weight is 136 g/mol. The highest BCUT2D eigenvalue weighted by molar-refractivity contribution is 5.72. The number of rotatable bonds is 4. The van der Waals surface area contributed by atoms with E-state index in [9.17, 15) is 4.79 Å². The second-order valence-electron chi connectivity index (χ2n) is 1.54. The zero-order chi connectivity index (χ0) is 9.07. The minimum Gasteiger partial charge on any atom is -0.480 e. The number of carboxylic acids is 1. The first-order chi connectivity index (χ1) is 4.92. The largest absolute Gasteiger partial charge is 0.480 e. The molecule has 0 bridgehead atoms. The summed E-state index contributed by atoms with van der Waals surface area (Å²) in [4.78, 5) is 10.3. The number of carboxylic acid groups (broad SMARTS) is 1. The monoisotopic (exact) mass is 136 g/mol. The number of aliphatic carboxylic acids is 1. The van der Waals surface area contributed by atoms with E-state index in [1.165, 1.54) is 0 Å². The molecule has 0 aliphatic carbocycles. The Morgan fingerprint density at radius 3 is 2.89 bits per heavy atom. The molecule has 4 nitrogen and oxygen atoms in total. The van der Waals surface area contributed by atoms with Gasteiger partial charge >= 0.3 is 5.97 Å². The standard InChI is InChI=1S/C5H12N2O2/c6-3-1-2-4(7)5(8)9/h4H,1-3,6-7H2,(H,8,9)/t4-/m0/s1/i2T,4T/t2?,4-. The second kappa shape index (κ2) is 4.29. The highest BCUT2D eigenvalue weighted by Gasteiger charge is 2.08. The minimum atomic E-state index is -2.24. The molecule has 0 aromatic carbocycles. The zero-order valence-electron chi connectivity index (χ0n) is 7.00. The van der Waals surface area contributed by atoms with Crippen LogP contribution in [-0.2, 0) is 4.79 Å². The highest BCUT2D eigenvalue weighted by atomic mass is 16.4. The van der Waals surface area contributed by atoms with Crippen molar-refractivity contribution < 1.29 is 12.6 Å². The first-order valence-corrected chi connectivity index (χ1v) is 2.57. The Hall–Kier alpha value is -0.610. The van der Waals surface area contributed by atoms with E-state index in [4.69, 9.17) is 19.3 Å². The highest BCUT2D eigenvalue weighted by Crippen LogP contribution is 1.91. The molecule has 0 spiro atoms. The smallest absolute Gasteiger partial charge is 0.320 e. The van der Waals surface area contributed by atoms with Crippen molar-refractivity contribution in [2.24, 2.45) is 11.5 Å². The number of hydrogen-bond donors (Lipinski definition) is 3. The molecule has 0 aromatic heterocycles. The van der Waals surface area contributed by atoms with Crippen LogP contribution >= 0.6 is 0 Å². The maximum atomic E-state index is 10.3. The summed E-state index contributed by atoms with van der Waals surface area (Å²) in [5.74, 6) is -1.49. The van der Waals surface area contributed by atoms with Crippen LogP contribution in [0.5, 0.6) is 0 Å². The maximum absolute atomic E-state index is 10.3. The van der Waals surface area contributed by atoms with E-state index in [0.29, 0.717) is 0 Å². The number of hydrogen-bond acceptors (Lipinski definition) is 3. The van der Waals surface area contributed by atoms with Gasteiger partial charge in [0, 0.05) is 1.37 Å². The lowest BCUT2D eigenvalue weighted by atomic mass is 10.2. The van der Waals surface area contributed by atoms with Crippen molar-refractivity contribution in [3.8, 4) is 0 Å². The van der Waals surface area contributed by atoms with E-state index >= 15 is 0 Å². The lowest BCUT2D eigenvalue weighted by Crippen LogP contribution is -2.30. The molecule has 0 amide bonds. The predicted molar refractivity (Wildman–Crippen MR) is 33.9 cm³/mol. The van der Waals surface area contributed by atoms with Crippen molar-refractivity contribution in [2.45, 2.75) is 18.8 Å². The summed E-state index contributed by atoms with van der Waals surface area (Å²) < 4.78 is 14.2. The van der Waals surface area contributed by atoms with Gasteiger partial charge in [-0.1, -0.05) is 0 Å². The van der Waals surface area contributed by atoms with Crippen LogP contribution in [0.1, 0.15) is 15.6 Å². The van der Waals surface area contributed by atoms with Gasteiger partial charge in [0.1, 0.15) is 6.02 Å². The third-order valence-corrected chi connectivity index (χ3v) is 0.778. The van der Waals surface area contributed by atoms with Crippen molar-refractivity contribution in [3.05, 3.63) is 0 Å². The van der Waals surface area contributed by atoms with Crippen LogP contribution in [0, 0.1) is 0 Å². The van der Waals surface area contributed by atoms with Crippen molar-refractivity contribution in [3.63, 3.8) is 0 Å². The van der Waals surface area contributed by atoms with E-state index < -0.39 is 18.4 Å². The lowest BCUT2D eigenvalue weighted by Gasteiger charge is -2.02. The van der Waals surface area contributed by atoms with E-state index in [1.54, 1.807) is 0 Å². The van der Waals surface area contributed by atoms with Gasteiger partial charge in [0.2, 0.25) is 0 Å². The van der Waals surface area contributed by atoms with Crippen LogP contribution in [0.2, 0.25) is 0 Å². The van der Waals surface area contributed by atoms with Gasteiger partial charge < -0.3 is 16.6 Å². The molecule has 54 valence electrons. The molecule has 2 atom stereocenters. The van der Waals surface area contributed by atoms with E-state index in [1.807, 2.05) is 0 Å². The molecular formula is C5H12N2O2. The van der Waals surface area contributed by atoms with Crippen LogP contribution in [0.25, 0.3) is 0 Å². The van der Waals surface area contributed by atoms with Gasteiger partial charge in [-0.05, 0) is 19.4 Å². The van der Waals surface area contributed by atoms with Crippen molar-refractivity contribution in [1.82, 2.24) is 0 Å². The third-order valence-electron chi connectivity index (χ3n) is 0.778. The summed E-state index contributed by atoms with van der Waals surface area (Å²) in [7, 11) is 0. The molecular weight excluding hydrogens is 120 g/mol. The first-order valence-electron chi connectivity index (χ1n) is 3.65. The molecule has 9 heavy (non-hydrogen) atoms. The predicted octanol–water partition coefficient (Wildman–Crippen LogP) is -0.863. The Balaban J connectivity index is 4.17. The summed E-state index contributed by atoms with van der Waals surface area (Å²) in [5.41, 5.74) is 10.1. The molecule has 0 aromatic rings. The fraction of sp³-hybridized carbons (Fsp3) is 0.800. The normalized spacial score (nSPS) is 23.3. The van der Waals surface area contributed by atoms with Crippen LogP contribution in [0.3, 0.4) is 0 Å². The molecule has 0 fully saturated rings. The second-order valence-corrected chi connectivity index (χ2v) is 1.54. The summed E-state index contributed by atoms with van der Waals surface area (Å²) in [6.45, 7) is 0.166. The molecule has 1 unspecified atom stereocenters. The summed E-state index contributed by atoms with van der Waals surface area (Å²) in [6.07, 6.45) is -1.06. The lowest BCUT2D eigenvalue weighted by molar-refractivity contribution is -0.138. The molecule has 0 rings (SSSR count). The Kier molecular flexibility index (Phi) is 2.48. The van der Waals surface area contributed by atoms with Crippen molar-refractivity contribution in [2.75, 3.05) is 6.54 Å². The van der Waals surface area contributed by atoms with E-state index in [-0.39, 0.29) is 13.0 Å². The third kappa shape index (κ3) is 3.93. The fourth-order valence-electron chi connectivity index (χ4n) is 0.326. The molecule has 0 saturated carbocycles. The molecule has 0 saturated heterocycles. The quantitative estimate of drug-likeness (QED) is 0.469. The van der Waals surface area contributed by atoms with Gasteiger partial charge in [-0.25, -0.2) is 0 Å². The van der Waals surface area contributed by atoms with Crippen LogP contribution in [0.15, 0.2) is 0 Å². The summed E-state index contributed by atoms with van der Waals surface area (Å²) >= 11 is 0. The van der Waals surface area contributed by atoms with Gasteiger partial charge in [-0.15, -0.1) is 0 Å². The Morgan fingerprint density at radius 2 is 2.56 bits per heavy atom. The molecule has 0 radical (unpaired) electrons. The van der Waals surface area contributed by atoms with Gasteiger partial charge in [0.25, 0.3) is 0 Å². The van der Waals surface area contributed by atoms with Gasteiger partial charge in [0.05, 0.1) is 1.37 Å². The topological polar surface area (TPSA) is 89.3 Å². The van der Waals surface area contributed by atoms with Crippen molar-refractivity contribution >= 4 is 5.97 Å². The molecule has 0 heterocycles. The van der Waals surface area contributed by atoms with E-state index in [2.05, 4.69) is 0 Å². The molecule has 0 aliphatic heterocycles. The van der Waals surface area contributed by atoms with Gasteiger partial charge in [-0.3, -0.25) is 4.79 Å². The first kappa shape index (κ1) is 5.20. The Morgan fingerprint density at radius 1 is 2.00 bits per heavy atom. The molecule has 5 N–H and O–H groups in total. The average Bonchev–Trinajstić information content (AvgIpc) is 1.88. The molecule has 4 heteroatoms. The van der Waals surface area contributed by atoms with Gasteiger partial charge in [0.15, 0.2) is 0 Å². The zero-order valence-corrected chi connectivity index (χ0v) is 5.00. The van der Waals surface area contributed by atoms with Crippen molar-refractivity contribution in [1.29, 1.82) is 0 Å². The van der Waals surface area contributed by atoms with Crippen LogP contribution in [0.4, 0.5) is 0 Å². The van der Waals surface area contributed by atoms with E-state index in [0.717, 1.165) is 0 Å². The summed E-state index contributed by atoms with van der Waals surface area (Å²) in [5, 5.41) is 8.36. The fourth-order valence-corrected chi connectivity index (χ4v) is 0.326. The van der Waals surface area contributed by atoms with Crippen LogP contribution in [-0.4, -0.2) is 23.6 Å². The van der Waals surface area contributed by atoms with Crippen LogP contribution < -0.4 is 11.5 Å². The van der Waals surface area contributed by atoms with Gasteiger partial charge in [-0.2, -0.15) is 0 Å². The SMILES string of the molecule is [3H]C(CCN)[C@]([3H])(N)C(=O)O. The maximum Gasteiger partial charge on any atom is 0.320 e. The Bertz CT molecular complexity index is 151. The number of carbonyl (C=O) groups is 1. The minimum absolute atomic E-state index is 0.117.